The van der Waals surface area contributed by atoms with Crippen LogP contribution in [0.3, 0.4) is 0 Å². The van der Waals surface area contributed by atoms with E-state index in [1.807, 2.05) is 0 Å². The van der Waals surface area contributed by atoms with Crippen molar-refractivity contribution in [3.05, 3.63) is 33.4 Å². The molecule has 1 rings (SSSR count). The summed E-state index contributed by atoms with van der Waals surface area (Å²) in [6.45, 7) is 1.28. The zero-order chi connectivity index (χ0) is 10.9. The molecule has 7 heteroatoms. The molecule has 0 aromatic carbocycles. The number of alkyl halides is 2. The van der Waals surface area contributed by atoms with Gasteiger partial charge in [-0.05, 0) is 6.92 Å². The zero-order valence-electron chi connectivity index (χ0n) is 7.00. The molecule has 0 N–H and O–H groups in total. The van der Waals surface area contributed by atoms with Gasteiger partial charge in [-0.2, -0.15) is 4.39 Å². The number of hydrogen-bond acceptors (Lipinski definition) is 3. The minimum Gasteiger partial charge on any atom is -0.258 e. The molecule has 0 bridgehead atoms. The topological polar surface area (TPSA) is 56.0 Å². The van der Waals surface area contributed by atoms with Crippen molar-refractivity contribution < 1.29 is 18.1 Å². The van der Waals surface area contributed by atoms with Gasteiger partial charge in [0, 0.05) is 11.8 Å². The highest BCUT2D eigenvalue weighted by molar-refractivity contribution is 5.35. The average Bonchev–Trinajstić information content (AvgIpc) is 2.07. The van der Waals surface area contributed by atoms with E-state index in [1.165, 1.54) is 6.92 Å². The van der Waals surface area contributed by atoms with Crippen molar-refractivity contribution in [1.29, 1.82) is 0 Å². The lowest BCUT2D eigenvalue weighted by atomic mass is 10.2. The van der Waals surface area contributed by atoms with Crippen LogP contribution in [0.1, 0.15) is 17.8 Å². The van der Waals surface area contributed by atoms with E-state index in [9.17, 15) is 23.3 Å². The summed E-state index contributed by atoms with van der Waals surface area (Å²) in [4.78, 5) is 12.4. The Morgan fingerprint density at radius 3 is 2.57 bits per heavy atom. The molecule has 0 atom stereocenters. The molecule has 1 aromatic rings. The Labute approximate surface area is 76.5 Å². The van der Waals surface area contributed by atoms with Gasteiger partial charge in [0.05, 0.1) is 4.92 Å². The molecule has 0 aliphatic carbocycles. The normalized spacial score (nSPS) is 10.6. The van der Waals surface area contributed by atoms with Gasteiger partial charge in [0.25, 0.3) is 6.43 Å². The molecule has 0 aliphatic heterocycles. The number of nitro groups is 1. The summed E-state index contributed by atoms with van der Waals surface area (Å²) in [7, 11) is 0. The number of aryl methyl sites for hydroxylation is 1. The van der Waals surface area contributed by atoms with Crippen molar-refractivity contribution in [3.63, 3.8) is 0 Å². The van der Waals surface area contributed by atoms with E-state index in [0.29, 0.717) is 0 Å². The van der Waals surface area contributed by atoms with Crippen LogP contribution < -0.4 is 0 Å². The van der Waals surface area contributed by atoms with E-state index in [-0.39, 0.29) is 5.69 Å². The van der Waals surface area contributed by atoms with Gasteiger partial charge in [0.15, 0.2) is 0 Å². The van der Waals surface area contributed by atoms with E-state index < -0.39 is 28.5 Å². The molecule has 1 aromatic heterocycles. The lowest BCUT2D eigenvalue weighted by Gasteiger charge is -2.02. The summed E-state index contributed by atoms with van der Waals surface area (Å²) in [6, 6.07) is 0.807. The van der Waals surface area contributed by atoms with Gasteiger partial charge in [0.1, 0.15) is 5.69 Å². The summed E-state index contributed by atoms with van der Waals surface area (Å²) in [5.41, 5.74) is -2.18. The first-order valence-corrected chi connectivity index (χ1v) is 3.53. The first-order chi connectivity index (χ1) is 6.43. The maximum Gasteiger partial charge on any atom is 0.308 e. The van der Waals surface area contributed by atoms with Crippen molar-refractivity contribution in [1.82, 2.24) is 4.98 Å². The Hall–Kier alpha value is -1.66. The van der Waals surface area contributed by atoms with Gasteiger partial charge < -0.3 is 0 Å². The maximum atomic E-state index is 13.0. The van der Waals surface area contributed by atoms with Crippen LogP contribution in [0.25, 0.3) is 0 Å². The molecule has 0 saturated carbocycles. The van der Waals surface area contributed by atoms with Crippen LogP contribution in [0.15, 0.2) is 6.07 Å². The molecule has 0 amide bonds. The van der Waals surface area contributed by atoms with Crippen molar-refractivity contribution in [3.8, 4) is 0 Å². The summed E-state index contributed by atoms with van der Waals surface area (Å²) in [5, 5.41) is 10.2. The highest BCUT2D eigenvalue weighted by atomic mass is 19.3. The van der Waals surface area contributed by atoms with Crippen molar-refractivity contribution >= 4 is 5.69 Å². The predicted molar refractivity (Wildman–Crippen MR) is 40.5 cm³/mol. The third kappa shape index (κ3) is 1.81. The Morgan fingerprint density at radius 2 is 2.14 bits per heavy atom. The first kappa shape index (κ1) is 10.4. The van der Waals surface area contributed by atoms with Gasteiger partial charge in [-0.25, -0.2) is 13.8 Å². The van der Waals surface area contributed by atoms with E-state index in [1.54, 1.807) is 0 Å². The average molecular weight is 206 g/mol. The minimum absolute atomic E-state index is 0.0200. The maximum absolute atomic E-state index is 13.0. The van der Waals surface area contributed by atoms with Crippen LogP contribution in [0.4, 0.5) is 18.9 Å². The van der Waals surface area contributed by atoms with E-state index in [0.717, 1.165) is 6.07 Å². The number of hydrogen-bond donors (Lipinski definition) is 0. The fourth-order valence-electron chi connectivity index (χ4n) is 0.941. The Bertz CT molecular complexity index is 381. The third-order valence-electron chi connectivity index (χ3n) is 1.50. The van der Waals surface area contributed by atoms with Crippen LogP contribution in [0.5, 0.6) is 0 Å². The molecule has 4 nitrogen and oxygen atoms in total. The molecule has 0 radical (unpaired) electrons. The van der Waals surface area contributed by atoms with Crippen LogP contribution in [0, 0.1) is 22.9 Å². The van der Waals surface area contributed by atoms with Gasteiger partial charge in [-0.1, -0.05) is 0 Å². The fourth-order valence-corrected chi connectivity index (χ4v) is 0.941. The number of nitrogens with zero attached hydrogens (tertiary/aromatic N) is 2. The highest BCUT2D eigenvalue weighted by Gasteiger charge is 2.25. The van der Waals surface area contributed by atoms with Crippen molar-refractivity contribution in [2.75, 3.05) is 0 Å². The predicted octanol–water partition coefficient (Wildman–Crippen LogP) is 2.37. The molecule has 0 unspecified atom stereocenters. The molecular weight excluding hydrogens is 201 g/mol. The number of rotatable bonds is 2. The molecule has 0 fully saturated rings. The number of pyridine rings is 1. The second-order valence-electron chi connectivity index (χ2n) is 2.54. The lowest BCUT2D eigenvalue weighted by Crippen LogP contribution is -2.02. The quantitative estimate of drug-likeness (QED) is 0.551. The van der Waals surface area contributed by atoms with Gasteiger partial charge >= 0.3 is 5.69 Å². The van der Waals surface area contributed by atoms with Crippen LogP contribution in [-0.2, 0) is 0 Å². The first-order valence-electron chi connectivity index (χ1n) is 3.53. The second-order valence-corrected chi connectivity index (χ2v) is 2.54. The van der Waals surface area contributed by atoms with Gasteiger partial charge in [-0.3, -0.25) is 10.1 Å². The number of aromatic nitrogens is 1. The molecule has 0 saturated heterocycles. The lowest BCUT2D eigenvalue weighted by molar-refractivity contribution is -0.387. The summed E-state index contributed by atoms with van der Waals surface area (Å²) in [6.07, 6.45) is -3.16. The number of halogens is 3. The second kappa shape index (κ2) is 3.60. The minimum atomic E-state index is -3.16. The van der Waals surface area contributed by atoms with Gasteiger partial charge in [0.2, 0.25) is 5.82 Å². The van der Waals surface area contributed by atoms with Crippen LogP contribution in [0.2, 0.25) is 0 Å². The molecule has 0 aliphatic rings. The van der Waals surface area contributed by atoms with Crippen molar-refractivity contribution in [2.45, 2.75) is 13.3 Å². The van der Waals surface area contributed by atoms with E-state index in [4.69, 9.17) is 0 Å². The van der Waals surface area contributed by atoms with Crippen molar-refractivity contribution in [2.24, 2.45) is 0 Å². The van der Waals surface area contributed by atoms with Crippen LogP contribution in [-0.4, -0.2) is 9.91 Å². The zero-order valence-corrected chi connectivity index (χ0v) is 7.00. The molecule has 76 valence electrons. The largest absolute Gasteiger partial charge is 0.308 e. The Morgan fingerprint density at radius 1 is 1.57 bits per heavy atom. The highest BCUT2D eigenvalue weighted by Crippen LogP contribution is 2.26. The Kier molecular flexibility index (Phi) is 2.68. The molecule has 1 heterocycles. The summed E-state index contributed by atoms with van der Waals surface area (Å²) < 4.78 is 37.2. The summed E-state index contributed by atoms with van der Waals surface area (Å²) >= 11 is 0. The van der Waals surface area contributed by atoms with E-state index >= 15 is 0 Å². The molecular formula is C7H5F3N2O2. The molecule has 0 spiro atoms. The molecule has 14 heavy (non-hydrogen) atoms. The van der Waals surface area contributed by atoms with E-state index in [2.05, 4.69) is 4.98 Å². The Balaban J connectivity index is 3.40. The SMILES string of the molecule is Cc1cc([N+](=O)[O-])c(F)c(C(F)F)n1. The fraction of sp³-hybridized carbons (Fsp3) is 0.286. The summed E-state index contributed by atoms with van der Waals surface area (Å²) in [5.74, 6) is -1.57. The smallest absolute Gasteiger partial charge is 0.258 e. The monoisotopic (exact) mass is 206 g/mol. The van der Waals surface area contributed by atoms with Gasteiger partial charge in [-0.15, -0.1) is 0 Å². The third-order valence-corrected chi connectivity index (χ3v) is 1.50. The standard InChI is InChI=1S/C7H5F3N2O2/c1-3-2-4(12(13)14)5(8)6(11-3)7(9)10/h2,7H,1H3. The van der Waals surface area contributed by atoms with Crippen LogP contribution >= 0.6 is 0 Å².